The van der Waals surface area contributed by atoms with E-state index < -0.39 is 0 Å². The van der Waals surface area contributed by atoms with Crippen LogP contribution in [0.3, 0.4) is 0 Å². The summed E-state index contributed by atoms with van der Waals surface area (Å²) in [6.45, 7) is 5.81. The van der Waals surface area contributed by atoms with Crippen LogP contribution in [-0.4, -0.2) is 22.4 Å². The number of aromatic nitrogens is 2. The SMILES string of the molecule is CC(C)NCCCn1ncccc1=O. The maximum atomic E-state index is 11.2. The van der Waals surface area contributed by atoms with Gasteiger partial charge < -0.3 is 5.32 Å². The molecule has 4 nitrogen and oxygen atoms in total. The number of nitrogens with zero attached hydrogens (tertiary/aromatic N) is 2. The van der Waals surface area contributed by atoms with Gasteiger partial charge in [0.1, 0.15) is 0 Å². The van der Waals surface area contributed by atoms with Crippen molar-refractivity contribution in [1.29, 1.82) is 0 Å². The number of aryl methyl sites for hydroxylation is 1. The first-order valence-corrected chi connectivity index (χ1v) is 4.95. The van der Waals surface area contributed by atoms with Crippen LogP contribution in [0.1, 0.15) is 20.3 Å². The van der Waals surface area contributed by atoms with Crippen LogP contribution in [0.4, 0.5) is 0 Å². The van der Waals surface area contributed by atoms with Gasteiger partial charge in [0.25, 0.3) is 5.56 Å². The highest BCUT2D eigenvalue weighted by Crippen LogP contribution is 1.84. The van der Waals surface area contributed by atoms with Crippen molar-refractivity contribution in [2.75, 3.05) is 6.54 Å². The Labute approximate surface area is 84.0 Å². The summed E-state index contributed by atoms with van der Waals surface area (Å²) in [4.78, 5) is 11.2. The van der Waals surface area contributed by atoms with Gasteiger partial charge in [0.05, 0.1) is 0 Å². The third-order valence-electron chi connectivity index (χ3n) is 1.88. The fraction of sp³-hybridized carbons (Fsp3) is 0.600. The van der Waals surface area contributed by atoms with E-state index in [0.29, 0.717) is 12.6 Å². The number of hydrogen-bond acceptors (Lipinski definition) is 3. The minimum atomic E-state index is -0.0305. The minimum absolute atomic E-state index is 0.0305. The molecule has 0 unspecified atom stereocenters. The molecule has 14 heavy (non-hydrogen) atoms. The van der Waals surface area contributed by atoms with Crippen molar-refractivity contribution in [3.8, 4) is 0 Å². The lowest BCUT2D eigenvalue weighted by Gasteiger charge is -2.07. The second-order valence-electron chi connectivity index (χ2n) is 3.55. The van der Waals surface area contributed by atoms with Gasteiger partial charge in [-0.05, 0) is 19.0 Å². The summed E-state index contributed by atoms with van der Waals surface area (Å²) < 4.78 is 1.49. The van der Waals surface area contributed by atoms with E-state index in [0.717, 1.165) is 13.0 Å². The summed E-state index contributed by atoms with van der Waals surface area (Å²) in [6, 6.07) is 3.68. The van der Waals surface area contributed by atoms with Gasteiger partial charge in [-0.25, -0.2) is 4.68 Å². The molecule has 0 atom stereocenters. The number of hydrogen-bond donors (Lipinski definition) is 1. The molecule has 0 aromatic carbocycles. The predicted molar refractivity (Wildman–Crippen MR) is 56.3 cm³/mol. The zero-order valence-corrected chi connectivity index (χ0v) is 8.73. The van der Waals surface area contributed by atoms with Crippen molar-refractivity contribution in [1.82, 2.24) is 15.1 Å². The van der Waals surface area contributed by atoms with E-state index in [-0.39, 0.29) is 5.56 Å². The third-order valence-corrected chi connectivity index (χ3v) is 1.88. The lowest BCUT2D eigenvalue weighted by molar-refractivity contribution is 0.499. The third kappa shape index (κ3) is 3.70. The van der Waals surface area contributed by atoms with Crippen LogP contribution in [0.25, 0.3) is 0 Å². The van der Waals surface area contributed by atoms with E-state index in [1.165, 1.54) is 10.7 Å². The Balaban J connectivity index is 2.32. The van der Waals surface area contributed by atoms with Gasteiger partial charge in [-0.1, -0.05) is 13.8 Å². The van der Waals surface area contributed by atoms with Crippen LogP contribution in [-0.2, 0) is 6.54 Å². The zero-order chi connectivity index (χ0) is 10.4. The summed E-state index contributed by atoms with van der Waals surface area (Å²) in [5.41, 5.74) is -0.0305. The Hall–Kier alpha value is -1.16. The van der Waals surface area contributed by atoms with Crippen molar-refractivity contribution in [3.63, 3.8) is 0 Å². The van der Waals surface area contributed by atoms with Gasteiger partial charge in [0.15, 0.2) is 0 Å². The maximum Gasteiger partial charge on any atom is 0.266 e. The molecule has 1 aromatic rings. The lowest BCUT2D eigenvalue weighted by Crippen LogP contribution is -2.27. The zero-order valence-electron chi connectivity index (χ0n) is 8.73. The van der Waals surface area contributed by atoms with E-state index in [9.17, 15) is 4.79 Å². The largest absolute Gasteiger partial charge is 0.314 e. The molecule has 0 spiro atoms. The van der Waals surface area contributed by atoms with Gasteiger partial charge in [0.2, 0.25) is 0 Å². The van der Waals surface area contributed by atoms with Gasteiger partial charge in [-0.3, -0.25) is 4.79 Å². The highest BCUT2D eigenvalue weighted by molar-refractivity contribution is 4.84. The van der Waals surface area contributed by atoms with Gasteiger partial charge in [0, 0.05) is 24.8 Å². The second kappa shape index (κ2) is 5.54. The molecule has 1 aromatic heterocycles. The molecule has 1 N–H and O–H groups in total. The smallest absolute Gasteiger partial charge is 0.266 e. The number of nitrogens with one attached hydrogen (secondary N) is 1. The molecule has 78 valence electrons. The minimum Gasteiger partial charge on any atom is -0.314 e. The van der Waals surface area contributed by atoms with Crippen LogP contribution < -0.4 is 10.9 Å². The molecule has 0 saturated carbocycles. The first kappa shape index (κ1) is 10.9. The molecule has 0 bridgehead atoms. The van der Waals surface area contributed by atoms with E-state index in [4.69, 9.17) is 0 Å². The lowest BCUT2D eigenvalue weighted by atomic mass is 10.3. The van der Waals surface area contributed by atoms with Crippen LogP contribution in [0.15, 0.2) is 23.1 Å². The van der Waals surface area contributed by atoms with Crippen LogP contribution in [0.5, 0.6) is 0 Å². The van der Waals surface area contributed by atoms with Crippen LogP contribution in [0.2, 0.25) is 0 Å². The van der Waals surface area contributed by atoms with Crippen LogP contribution in [0, 0.1) is 0 Å². The Kier molecular flexibility index (Phi) is 4.32. The number of rotatable bonds is 5. The van der Waals surface area contributed by atoms with Crippen molar-refractivity contribution in [2.45, 2.75) is 32.9 Å². The predicted octanol–water partition coefficient (Wildman–Crippen LogP) is 0.631. The topological polar surface area (TPSA) is 46.9 Å². The molecule has 1 heterocycles. The first-order chi connectivity index (χ1) is 6.70. The molecule has 0 saturated heterocycles. The molecule has 0 aliphatic rings. The summed E-state index contributed by atoms with van der Waals surface area (Å²) >= 11 is 0. The van der Waals surface area contributed by atoms with E-state index in [2.05, 4.69) is 24.3 Å². The van der Waals surface area contributed by atoms with Crippen molar-refractivity contribution < 1.29 is 0 Å². The quantitative estimate of drug-likeness (QED) is 0.701. The molecular weight excluding hydrogens is 178 g/mol. The summed E-state index contributed by atoms with van der Waals surface area (Å²) in [5.74, 6) is 0. The fourth-order valence-electron chi connectivity index (χ4n) is 1.17. The van der Waals surface area contributed by atoms with E-state index in [1.54, 1.807) is 12.3 Å². The fourth-order valence-corrected chi connectivity index (χ4v) is 1.17. The van der Waals surface area contributed by atoms with Gasteiger partial charge in [-0.15, -0.1) is 0 Å². The Morgan fingerprint density at radius 1 is 1.57 bits per heavy atom. The first-order valence-electron chi connectivity index (χ1n) is 4.95. The molecular formula is C10H17N3O. The molecule has 0 radical (unpaired) electrons. The monoisotopic (exact) mass is 195 g/mol. The standard InChI is InChI=1S/C10H17N3O/c1-9(2)11-6-4-8-13-10(14)5-3-7-12-13/h3,5,7,9,11H,4,6,8H2,1-2H3. The normalized spacial score (nSPS) is 10.8. The van der Waals surface area contributed by atoms with Crippen molar-refractivity contribution in [3.05, 3.63) is 28.7 Å². The average Bonchev–Trinajstić information content (AvgIpc) is 2.15. The molecule has 0 aliphatic heterocycles. The molecule has 4 heteroatoms. The average molecular weight is 195 g/mol. The maximum absolute atomic E-state index is 11.2. The van der Waals surface area contributed by atoms with E-state index >= 15 is 0 Å². The Bertz CT molecular complexity index is 319. The van der Waals surface area contributed by atoms with E-state index in [1.807, 2.05) is 0 Å². The Morgan fingerprint density at radius 2 is 2.36 bits per heavy atom. The highest BCUT2D eigenvalue weighted by Gasteiger charge is 1.95. The van der Waals surface area contributed by atoms with Gasteiger partial charge >= 0.3 is 0 Å². The Morgan fingerprint density at radius 3 is 3.00 bits per heavy atom. The second-order valence-corrected chi connectivity index (χ2v) is 3.55. The molecule has 1 rings (SSSR count). The summed E-state index contributed by atoms with van der Waals surface area (Å²) in [6.07, 6.45) is 2.56. The van der Waals surface area contributed by atoms with Crippen LogP contribution >= 0.6 is 0 Å². The van der Waals surface area contributed by atoms with Crippen molar-refractivity contribution in [2.24, 2.45) is 0 Å². The molecule has 0 aliphatic carbocycles. The van der Waals surface area contributed by atoms with Gasteiger partial charge in [-0.2, -0.15) is 5.10 Å². The molecule has 0 fully saturated rings. The molecule has 0 amide bonds. The summed E-state index contributed by atoms with van der Waals surface area (Å²) in [5, 5.41) is 7.26. The summed E-state index contributed by atoms with van der Waals surface area (Å²) in [7, 11) is 0. The highest BCUT2D eigenvalue weighted by atomic mass is 16.1. The van der Waals surface area contributed by atoms with Crippen molar-refractivity contribution >= 4 is 0 Å².